The third-order valence-electron chi connectivity index (χ3n) is 7.00. The number of carbonyl (C=O) groups excluding carboxylic acids is 1. The van der Waals surface area contributed by atoms with Crippen molar-refractivity contribution in [1.29, 1.82) is 0 Å². The molecule has 2 aromatic carbocycles. The molecule has 3 aromatic rings. The maximum Gasteiger partial charge on any atom is 0.271 e. The average Bonchev–Trinajstić information content (AvgIpc) is 2.89. The number of hydrogen-bond donors (Lipinski definition) is 1. The van der Waals surface area contributed by atoms with Gasteiger partial charge in [0.1, 0.15) is 18.2 Å². The number of nitrogens with zero attached hydrogens (tertiary/aromatic N) is 5. The van der Waals surface area contributed by atoms with Gasteiger partial charge < -0.3 is 14.5 Å². The Hall–Kier alpha value is -3.36. The monoisotopic (exact) mass is 460 g/mol. The molecule has 1 amide bonds. The quantitative estimate of drug-likeness (QED) is 0.448. The molecule has 1 fully saturated rings. The molecule has 5 rings (SSSR count). The van der Waals surface area contributed by atoms with E-state index < -0.39 is 0 Å². The van der Waals surface area contributed by atoms with Crippen LogP contribution in [0.4, 0.5) is 11.5 Å². The molecule has 0 bridgehead atoms. The van der Waals surface area contributed by atoms with Crippen LogP contribution in [-0.2, 0) is 0 Å². The van der Waals surface area contributed by atoms with Crippen molar-refractivity contribution in [3.8, 4) is 5.75 Å². The van der Waals surface area contributed by atoms with E-state index in [1.807, 2.05) is 54.6 Å². The highest BCUT2D eigenvalue weighted by atomic mass is 16.5. The normalized spacial score (nSPS) is 17.7. The molecule has 178 valence electrons. The van der Waals surface area contributed by atoms with Gasteiger partial charge in [-0.05, 0) is 30.7 Å². The lowest BCUT2D eigenvalue weighted by molar-refractivity contribution is 0.0734. The number of fused-ring (bicyclic) bond motifs is 2. The van der Waals surface area contributed by atoms with Crippen molar-refractivity contribution in [2.24, 2.45) is 5.84 Å². The molecule has 0 saturated carbocycles. The predicted molar refractivity (Wildman–Crippen MR) is 135 cm³/mol. The third-order valence-corrected chi connectivity index (χ3v) is 7.00. The molecular weight excluding hydrogens is 428 g/mol. The number of nitrogens with two attached hydrogens (primary N) is 1. The molecule has 2 aliphatic rings. The van der Waals surface area contributed by atoms with Crippen molar-refractivity contribution >= 4 is 28.3 Å². The summed E-state index contributed by atoms with van der Waals surface area (Å²) in [5.74, 6) is 7.73. The van der Waals surface area contributed by atoms with Gasteiger partial charge in [0, 0.05) is 50.2 Å². The van der Waals surface area contributed by atoms with Gasteiger partial charge in [0.2, 0.25) is 0 Å². The highest BCUT2D eigenvalue weighted by molar-refractivity contribution is 6.01. The largest absolute Gasteiger partial charge is 0.496 e. The number of hydrogen-bond acceptors (Lipinski definition) is 7. The first-order chi connectivity index (χ1) is 16.6. The summed E-state index contributed by atoms with van der Waals surface area (Å²) in [6, 6.07) is 18.3. The molecule has 1 saturated heterocycles. The highest BCUT2D eigenvalue weighted by Crippen LogP contribution is 2.30. The summed E-state index contributed by atoms with van der Waals surface area (Å²) < 4.78 is 5.64. The Balaban J connectivity index is 1.28. The van der Waals surface area contributed by atoms with Crippen LogP contribution in [-0.4, -0.2) is 73.3 Å². The van der Waals surface area contributed by atoms with Gasteiger partial charge in [0.05, 0.1) is 23.9 Å². The Kier molecular flexibility index (Phi) is 6.26. The van der Waals surface area contributed by atoms with Gasteiger partial charge in [0.25, 0.3) is 5.91 Å². The second-order valence-corrected chi connectivity index (χ2v) is 8.94. The molecule has 0 spiro atoms. The minimum absolute atomic E-state index is 0.119. The third kappa shape index (κ3) is 4.15. The van der Waals surface area contributed by atoms with Crippen LogP contribution in [0.1, 0.15) is 23.7 Å². The number of pyridine rings is 1. The molecule has 0 radical (unpaired) electrons. The fraction of sp³-hybridized carbons (Fsp3) is 0.385. The van der Waals surface area contributed by atoms with Crippen molar-refractivity contribution in [1.82, 2.24) is 14.9 Å². The zero-order valence-corrected chi connectivity index (χ0v) is 19.9. The van der Waals surface area contributed by atoms with E-state index in [0.29, 0.717) is 18.3 Å². The van der Waals surface area contributed by atoms with Gasteiger partial charge in [-0.25, -0.2) is 10.8 Å². The number of para-hydroxylation sites is 2. The zero-order chi connectivity index (χ0) is 23.7. The number of methoxy groups -OCH3 is 1. The summed E-state index contributed by atoms with van der Waals surface area (Å²) >= 11 is 0. The first kappa shape index (κ1) is 22.4. The summed E-state index contributed by atoms with van der Waals surface area (Å²) in [4.78, 5) is 24.5. The molecular formula is C26H32N6O2. The SMILES string of the molecule is CCC(CN1CN(N)C(=O)c2ccccc21)N1CCN(c2cc(OC)c3ccccc3n2)CC1. The van der Waals surface area contributed by atoms with Crippen LogP contribution in [0.5, 0.6) is 5.75 Å². The zero-order valence-electron chi connectivity index (χ0n) is 19.9. The Morgan fingerprint density at radius 1 is 1.06 bits per heavy atom. The summed E-state index contributed by atoms with van der Waals surface area (Å²) in [5, 5.41) is 2.35. The van der Waals surface area contributed by atoms with E-state index >= 15 is 0 Å². The van der Waals surface area contributed by atoms with Crippen molar-refractivity contribution in [3.63, 3.8) is 0 Å². The van der Waals surface area contributed by atoms with Crippen LogP contribution in [0.15, 0.2) is 54.6 Å². The van der Waals surface area contributed by atoms with E-state index in [-0.39, 0.29) is 5.91 Å². The van der Waals surface area contributed by atoms with Crippen LogP contribution in [0.25, 0.3) is 10.9 Å². The lowest BCUT2D eigenvalue weighted by Gasteiger charge is -2.43. The Morgan fingerprint density at radius 3 is 2.56 bits per heavy atom. The van der Waals surface area contributed by atoms with Gasteiger partial charge in [-0.15, -0.1) is 0 Å². The van der Waals surface area contributed by atoms with Crippen molar-refractivity contribution in [2.45, 2.75) is 19.4 Å². The van der Waals surface area contributed by atoms with Crippen LogP contribution in [0, 0.1) is 0 Å². The fourth-order valence-corrected chi connectivity index (χ4v) is 5.10. The second-order valence-electron chi connectivity index (χ2n) is 8.94. The summed E-state index contributed by atoms with van der Waals surface area (Å²) in [6.07, 6.45) is 1.03. The molecule has 1 aromatic heterocycles. The van der Waals surface area contributed by atoms with E-state index in [9.17, 15) is 4.79 Å². The van der Waals surface area contributed by atoms with Gasteiger partial charge in [0.15, 0.2) is 0 Å². The van der Waals surface area contributed by atoms with Crippen LogP contribution in [0.2, 0.25) is 0 Å². The maximum atomic E-state index is 12.5. The number of anilines is 2. The number of carbonyl (C=O) groups is 1. The summed E-state index contributed by atoms with van der Waals surface area (Å²) in [7, 11) is 1.71. The first-order valence-corrected chi connectivity index (χ1v) is 11.9. The molecule has 8 heteroatoms. The minimum Gasteiger partial charge on any atom is -0.496 e. The standard InChI is InChI=1S/C26H32N6O2/c1-3-19(17-31-18-32(27)26(33)21-9-5-7-11-23(21)31)29-12-14-30(15-13-29)25-16-24(34-2)20-8-4-6-10-22(20)28-25/h4-11,16,19H,3,12-15,17-18,27H2,1-2H3. The molecule has 34 heavy (non-hydrogen) atoms. The average molecular weight is 461 g/mol. The molecule has 1 unspecified atom stereocenters. The van der Waals surface area contributed by atoms with Crippen LogP contribution >= 0.6 is 0 Å². The van der Waals surface area contributed by atoms with Gasteiger partial charge >= 0.3 is 0 Å². The van der Waals surface area contributed by atoms with Crippen LogP contribution in [0.3, 0.4) is 0 Å². The van der Waals surface area contributed by atoms with Gasteiger partial charge in [-0.3, -0.25) is 14.7 Å². The lowest BCUT2D eigenvalue weighted by Crippen LogP contribution is -2.56. The molecule has 1 atom stereocenters. The smallest absolute Gasteiger partial charge is 0.271 e. The Bertz CT molecular complexity index is 1180. The number of piperazine rings is 1. The van der Waals surface area contributed by atoms with E-state index in [2.05, 4.69) is 21.6 Å². The van der Waals surface area contributed by atoms with Crippen molar-refractivity contribution in [2.75, 3.05) is 56.3 Å². The number of rotatable bonds is 6. The number of amides is 1. The first-order valence-electron chi connectivity index (χ1n) is 11.9. The van der Waals surface area contributed by atoms with Crippen molar-refractivity contribution in [3.05, 3.63) is 60.2 Å². The number of benzene rings is 2. The van der Waals surface area contributed by atoms with E-state index in [0.717, 1.165) is 67.3 Å². The summed E-state index contributed by atoms with van der Waals surface area (Å²) in [6.45, 7) is 7.19. The summed E-state index contributed by atoms with van der Waals surface area (Å²) in [5.41, 5.74) is 2.60. The maximum absolute atomic E-state index is 12.5. The number of aromatic nitrogens is 1. The van der Waals surface area contributed by atoms with E-state index in [4.69, 9.17) is 15.6 Å². The molecule has 0 aliphatic carbocycles. The number of hydrazine groups is 1. The Morgan fingerprint density at radius 2 is 1.79 bits per heavy atom. The molecule has 2 aliphatic heterocycles. The topological polar surface area (TPSA) is 78.2 Å². The molecule has 8 nitrogen and oxygen atoms in total. The fourth-order valence-electron chi connectivity index (χ4n) is 5.10. The van der Waals surface area contributed by atoms with E-state index in [1.54, 1.807) is 7.11 Å². The minimum atomic E-state index is -0.119. The van der Waals surface area contributed by atoms with Gasteiger partial charge in [-0.1, -0.05) is 31.2 Å². The lowest BCUT2D eigenvalue weighted by atomic mass is 10.1. The van der Waals surface area contributed by atoms with E-state index in [1.165, 1.54) is 5.01 Å². The Labute approximate surface area is 200 Å². The second kappa shape index (κ2) is 9.48. The van der Waals surface area contributed by atoms with Gasteiger partial charge in [-0.2, -0.15) is 0 Å². The number of ether oxygens (including phenoxy) is 1. The predicted octanol–water partition coefficient (Wildman–Crippen LogP) is 2.94. The van der Waals surface area contributed by atoms with Crippen molar-refractivity contribution < 1.29 is 9.53 Å². The molecule has 2 N–H and O–H groups in total. The van der Waals surface area contributed by atoms with Crippen LogP contribution < -0.4 is 20.4 Å². The highest BCUT2D eigenvalue weighted by Gasteiger charge is 2.31. The molecule has 3 heterocycles.